The van der Waals surface area contributed by atoms with Crippen molar-refractivity contribution in [2.45, 2.75) is 6.10 Å². The molecule has 0 fully saturated rings. The molecule has 12 nitrogen and oxygen atoms in total. The molecule has 2 N–H and O–H groups in total. The van der Waals surface area contributed by atoms with Gasteiger partial charge in [0.1, 0.15) is 5.75 Å². The molecule has 1 unspecified atom stereocenters. The summed E-state index contributed by atoms with van der Waals surface area (Å²) in [4.78, 5) is 36.4. The number of benzene rings is 2. The normalized spacial score (nSPS) is 13.2. The molecule has 1 aliphatic rings. The summed E-state index contributed by atoms with van der Waals surface area (Å²) in [5.41, 5.74) is 0.0225. The summed E-state index contributed by atoms with van der Waals surface area (Å²) in [6.45, 7) is 0.832. The van der Waals surface area contributed by atoms with Crippen LogP contribution in [0.1, 0.15) is 32.4 Å². The molecule has 13 heteroatoms. The fraction of sp³-hybridized carbons (Fsp3) is 0.375. The molecule has 0 saturated heterocycles. The van der Waals surface area contributed by atoms with E-state index in [4.69, 9.17) is 44.8 Å². The van der Waals surface area contributed by atoms with Crippen molar-refractivity contribution < 1.29 is 52.6 Å². The number of carboxylic acids is 1. The van der Waals surface area contributed by atoms with Gasteiger partial charge in [-0.3, -0.25) is 14.9 Å². The lowest BCUT2D eigenvalue weighted by Crippen LogP contribution is -2.22. The van der Waals surface area contributed by atoms with Crippen molar-refractivity contribution >= 4 is 29.4 Å². The van der Waals surface area contributed by atoms with Gasteiger partial charge in [-0.05, 0) is 24.3 Å². The molecule has 0 aromatic heterocycles. The van der Waals surface area contributed by atoms with E-state index < -0.39 is 23.9 Å². The van der Waals surface area contributed by atoms with E-state index in [9.17, 15) is 19.5 Å². The van der Waals surface area contributed by atoms with E-state index in [0.29, 0.717) is 13.2 Å². The van der Waals surface area contributed by atoms with Crippen molar-refractivity contribution in [3.8, 4) is 17.2 Å². The van der Waals surface area contributed by atoms with Gasteiger partial charge in [0.2, 0.25) is 6.10 Å². The van der Waals surface area contributed by atoms with Crippen molar-refractivity contribution in [3.63, 3.8) is 0 Å². The lowest BCUT2D eigenvalue weighted by molar-refractivity contribution is -0.145. The molecule has 37 heavy (non-hydrogen) atoms. The Hall–Kier alpha value is -3.42. The minimum Gasteiger partial charge on any atom is -0.478 e. The van der Waals surface area contributed by atoms with Crippen LogP contribution in [0.25, 0.3) is 0 Å². The second-order valence-electron chi connectivity index (χ2n) is 7.42. The zero-order valence-electron chi connectivity index (χ0n) is 20.1. The van der Waals surface area contributed by atoms with Gasteiger partial charge < -0.3 is 38.3 Å². The number of methoxy groups -OCH3 is 2. The summed E-state index contributed by atoms with van der Waals surface area (Å²) in [6.07, 6.45) is -1.66. The average Bonchev–Trinajstić information content (AvgIpc) is 3.17. The Morgan fingerprint density at radius 2 is 1.59 bits per heavy atom. The first-order valence-corrected chi connectivity index (χ1v) is 11.4. The molecular formula is C24H26ClNO11. The number of ether oxygens (including phenoxy) is 7. The van der Waals surface area contributed by atoms with Crippen LogP contribution in [-0.2, 0) is 23.7 Å². The third kappa shape index (κ3) is 7.08. The number of nitrogens with one attached hydrogen (secondary N) is 1. The van der Waals surface area contributed by atoms with Crippen molar-refractivity contribution in [3.05, 3.63) is 52.0 Å². The monoisotopic (exact) mass is 539 g/mol. The lowest BCUT2D eigenvalue weighted by atomic mass is 10.1. The highest BCUT2D eigenvalue weighted by Crippen LogP contribution is 2.42. The van der Waals surface area contributed by atoms with Gasteiger partial charge in [-0.15, -0.1) is 0 Å². The van der Waals surface area contributed by atoms with E-state index in [1.54, 1.807) is 0 Å². The highest BCUT2D eigenvalue weighted by molar-refractivity contribution is 6.33. The molecule has 2 aromatic carbocycles. The Bertz CT molecular complexity index is 1120. The van der Waals surface area contributed by atoms with Crippen LogP contribution in [0.15, 0.2) is 30.3 Å². The van der Waals surface area contributed by atoms with E-state index in [0.717, 1.165) is 0 Å². The molecule has 200 valence electrons. The van der Waals surface area contributed by atoms with E-state index in [-0.39, 0.29) is 65.8 Å². The second kappa shape index (κ2) is 13.8. The maximum atomic E-state index is 12.2. The zero-order chi connectivity index (χ0) is 26.8. The maximum Gasteiger partial charge on any atom is 0.349 e. The van der Waals surface area contributed by atoms with Crippen LogP contribution >= 0.6 is 11.6 Å². The molecule has 3 rings (SSSR count). The number of carbonyl (C=O) groups excluding carboxylic acids is 2. The topological polar surface area (TPSA) is 148 Å². The van der Waals surface area contributed by atoms with Gasteiger partial charge in [-0.2, -0.15) is 0 Å². The summed E-state index contributed by atoms with van der Waals surface area (Å²) in [6, 6.07) is 7.12. The lowest BCUT2D eigenvalue weighted by Gasteiger charge is -2.21. The van der Waals surface area contributed by atoms with Gasteiger partial charge >= 0.3 is 5.97 Å². The third-order valence-corrected chi connectivity index (χ3v) is 5.41. The number of aliphatic carboxylic acids is 1. The van der Waals surface area contributed by atoms with E-state index in [1.807, 2.05) is 0 Å². The first-order valence-electron chi connectivity index (χ1n) is 11.0. The van der Waals surface area contributed by atoms with Crippen LogP contribution in [0.3, 0.4) is 0 Å². The van der Waals surface area contributed by atoms with Gasteiger partial charge in [-0.1, -0.05) is 17.7 Å². The van der Waals surface area contributed by atoms with Crippen LogP contribution in [0, 0.1) is 0 Å². The standard InChI is InChI=1S/C24H26ClNO11/c1-31-8-10-33-12-35-17-7-6-15(19(25)21(17)36-13-34-11-9-32-2)20(24(29)30)37-16-5-3-4-14-18(16)23(28)26-22(14)27/h3-7,20H,8-13H2,1-2H3,(H,29,30)(H,26,27,28). The number of rotatable bonds is 16. The molecule has 0 spiro atoms. The first kappa shape index (κ1) is 28.2. The Labute approximate surface area is 217 Å². The van der Waals surface area contributed by atoms with Crippen molar-refractivity contribution in [2.75, 3.05) is 54.2 Å². The Morgan fingerprint density at radius 3 is 2.24 bits per heavy atom. The van der Waals surface area contributed by atoms with Crippen LogP contribution < -0.4 is 19.5 Å². The Kier molecular flexibility index (Phi) is 10.5. The molecule has 0 saturated carbocycles. The highest BCUT2D eigenvalue weighted by atomic mass is 35.5. The maximum absolute atomic E-state index is 12.2. The van der Waals surface area contributed by atoms with E-state index in [2.05, 4.69) is 5.32 Å². The van der Waals surface area contributed by atoms with E-state index >= 15 is 0 Å². The zero-order valence-corrected chi connectivity index (χ0v) is 20.9. The number of halogens is 1. The molecular weight excluding hydrogens is 514 g/mol. The number of imide groups is 1. The minimum absolute atomic E-state index is 0.00649. The quantitative estimate of drug-likeness (QED) is 0.184. The highest BCUT2D eigenvalue weighted by Gasteiger charge is 2.34. The summed E-state index contributed by atoms with van der Waals surface area (Å²) >= 11 is 6.57. The fourth-order valence-corrected chi connectivity index (χ4v) is 3.58. The van der Waals surface area contributed by atoms with Crippen molar-refractivity contribution in [2.24, 2.45) is 0 Å². The third-order valence-electron chi connectivity index (χ3n) is 5.02. The summed E-state index contributed by atoms with van der Waals surface area (Å²) < 4.78 is 37.4. The van der Waals surface area contributed by atoms with Gasteiger partial charge in [-0.25, -0.2) is 4.79 Å². The van der Waals surface area contributed by atoms with Gasteiger partial charge in [0.25, 0.3) is 11.8 Å². The van der Waals surface area contributed by atoms with Crippen LogP contribution in [0.2, 0.25) is 5.02 Å². The molecule has 0 bridgehead atoms. The number of carboxylic acid groups (broad SMARTS) is 1. The number of fused-ring (bicyclic) bond motifs is 1. The average molecular weight is 540 g/mol. The molecule has 2 aromatic rings. The molecule has 1 atom stereocenters. The predicted molar refractivity (Wildman–Crippen MR) is 127 cm³/mol. The number of hydrogen-bond acceptors (Lipinski definition) is 10. The Morgan fingerprint density at radius 1 is 0.919 bits per heavy atom. The predicted octanol–water partition coefficient (Wildman–Crippen LogP) is 2.43. The number of amides is 2. The summed E-state index contributed by atoms with van der Waals surface area (Å²) in [5, 5.41) is 12.0. The van der Waals surface area contributed by atoms with Crippen molar-refractivity contribution in [1.29, 1.82) is 0 Å². The van der Waals surface area contributed by atoms with Crippen molar-refractivity contribution in [1.82, 2.24) is 5.32 Å². The Balaban J connectivity index is 1.89. The summed E-state index contributed by atoms with van der Waals surface area (Å²) in [7, 11) is 3.06. The molecule has 1 aliphatic heterocycles. The molecule has 0 aliphatic carbocycles. The smallest absolute Gasteiger partial charge is 0.349 e. The minimum atomic E-state index is -1.66. The largest absolute Gasteiger partial charge is 0.478 e. The van der Waals surface area contributed by atoms with Crippen LogP contribution in [0.5, 0.6) is 17.2 Å². The molecule has 0 radical (unpaired) electrons. The van der Waals surface area contributed by atoms with Gasteiger partial charge in [0.05, 0.1) is 42.6 Å². The SMILES string of the molecule is COCCOCOc1ccc(C(Oc2cccc3c2C(=O)NC3=O)C(=O)O)c(Cl)c1OCOCCOC. The molecule has 1 heterocycles. The van der Waals surface area contributed by atoms with Gasteiger partial charge in [0.15, 0.2) is 25.1 Å². The van der Waals surface area contributed by atoms with Crippen LogP contribution in [0.4, 0.5) is 0 Å². The first-order chi connectivity index (χ1) is 17.9. The van der Waals surface area contributed by atoms with Gasteiger partial charge in [0, 0.05) is 19.8 Å². The van der Waals surface area contributed by atoms with E-state index in [1.165, 1.54) is 44.6 Å². The van der Waals surface area contributed by atoms with Crippen LogP contribution in [-0.4, -0.2) is 77.1 Å². The fourth-order valence-electron chi connectivity index (χ4n) is 3.27. The second-order valence-corrected chi connectivity index (χ2v) is 7.80. The number of carbonyl (C=O) groups is 3. The summed E-state index contributed by atoms with van der Waals surface area (Å²) in [5.74, 6) is -2.64. The number of hydrogen-bond donors (Lipinski definition) is 2. The molecule has 2 amide bonds.